The maximum atomic E-state index is 7.06. The van der Waals surface area contributed by atoms with Crippen LogP contribution in [0, 0.1) is 0 Å². The highest BCUT2D eigenvalue weighted by Crippen LogP contribution is 2.45. The monoisotopic (exact) mass is 832 g/mol. The molecule has 0 bridgehead atoms. The minimum absolute atomic E-state index is 0.247. The molecule has 2 heterocycles. The van der Waals surface area contributed by atoms with Gasteiger partial charge < -0.3 is 20.4 Å². The second kappa shape index (κ2) is 15.4. The molecule has 1 aromatic heterocycles. The van der Waals surface area contributed by atoms with Crippen LogP contribution in [0.3, 0.4) is 0 Å². The summed E-state index contributed by atoms with van der Waals surface area (Å²) in [5, 5.41) is 25.3. The molecule has 4 heteroatoms. The minimum Gasteiger partial charge on any atom is -0.624 e. The first-order chi connectivity index (χ1) is 32.2. The number of furan rings is 1. The Morgan fingerprint density at radius 2 is 0.892 bits per heavy atom. The molecule has 0 radical (unpaired) electrons. The Balaban J connectivity index is 0.989. The Morgan fingerprint density at radius 3 is 1.58 bits per heavy atom. The van der Waals surface area contributed by atoms with E-state index in [4.69, 9.17) is 9.73 Å². The van der Waals surface area contributed by atoms with Gasteiger partial charge in [-0.15, -0.1) is 0 Å². The third-order valence-electron chi connectivity index (χ3n) is 13.5. The van der Waals surface area contributed by atoms with Gasteiger partial charge in [0.05, 0.1) is 6.17 Å². The zero-order valence-corrected chi connectivity index (χ0v) is 35.4. The molecule has 1 saturated heterocycles. The summed E-state index contributed by atoms with van der Waals surface area (Å²) in [4.78, 5) is 0. The second-order valence-electron chi connectivity index (χ2n) is 17.3. The van der Waals surface area contributed by atoms with Crippen molar-refractivity contribution in [1.82, 2.24) is 10.6 Å². The number of rotatable bonds is 6. The molecule has 13 rings (SSSR count). The number of nitrogens with zero attached hydrogens (tertiary/aromatic N) is 1. The maximum absolute atomic E-state index is 7.06. The van der Waals surface area contributed by atoms with Crippen LogP contribution in [0.25, 0.3) is 104 Å². The van der Waals surface area contributed by atoms with Crippen molar-refractivity contribution in [1.29, 1.82) is 0 Å². The van der Waals surface area contributed by atoms with Crippen LogP contribution in [0.4, 0.5) is 0 Å². The Labute approximate surface area is 376 Å². The topological polar surface area (TPSA) is 51.3 Å². The summed E-state index contributed by atoms with van der Waals surface area (Å²) in [6, 6.07) is 81.0. The SMILES string of the molecule is c1ccc(-c2ccc(C3[N-]C(c4ccccc4)NC(c4cccc5oc6c(-c7ccc8c(ccc9ccccc98)c7)cc(-c7ccc8c(ccc9ccccc98)c7)cc6c45)N3)cc2)cc1. The maximum Gasteiger partial charge on any atom is 0.143 e. The summed E-state index contributed by atoms with van der Waals surface area (Å²) >= 11 is 0. The summed E-state index contributed by atoms with van der Waals surface area (Å²) in [7, 11) is 0. The van der Waals surface area contributed by atoms with Crippen molar-refractivity contribution in [3.05, 3.63) is 246 Å². The highest BCUT2D eigenvalue weighted by molar-refractivity contribution is 6.15. The van der Waals surface area contributed by atoms with Gasteiger partial charge in [-0.3, -0.25) is 0 Å². The molecule has 0 aliphatic carbocycles. The van der Waals surface area contributed by atoms with Crippen molar-refractivity contribution in [3.8, 4) is 33.4 Å². The van der Waals surface area contributed by atoms with E-state index in [1.54, 1.807) is 0 Å². The van der Waals surface area contributed by atoms with Gasteiger partial charge in [0, 0.05) is 16.3 Å². The second-order valence-corrected chi connectivity index (χ2v) is 17.3. The lowest BCUT2D eigenvalue weighted by atomic mass is 9.91. The molecule has 1 fully saturated rings. The molecule has 3 unspecified atom stereocenters. The number of hydrogen-bond acceptors (Lipinski definition) is 3. The molecule has 65 heavy (non-hydrogen) atoms. The predicted molar refractivity (Wildman–Crippen MR) is 271 cm³/mol. The molecule has 1 aliphatic rings. The molecular weight excluding hydrogens is 791 g/mol. The van der Waals surface area contributed by atoms with Crippen LogP contribution >= 0.6 is 0 Å². The first-order valence-electron chi connectivity index (χ1n) is 22.4. The van der Waals surface area contributed by atoms with Crippen LogP contribution in [0.5, 0.6) is 0 Å². The standard InChI is InChI=1S/C61H42N3O/c1-3-12-38(13-4-1)39-22-26-43(27-23-39)60-62-59(42-16-5-2-6-17-42)63-61(64-60)53-20-11-21-56-57(53)55-37-48(44-30-32-51-45(34-44)28-24-40-14-7-9-18-49(40)51)36-54(58(55)65-56)47-31-33-52-46(35-47)29-25-41-15-8-10-19-50(41)52/h1-37,59-61,63-64H/q-1. The van der Waals surface area contributed by atoms with E-state index in [1.807, 2.05) is 0 Å². The fourth-order valence-electron chi connectivity index (χ4n) is 10.2. The van der Waals surface area contributed by atoms with Crippen molar-refractivity contribution in [2.75, 3.05) is 0 Å². The smallest absolute Gasteiger partial charge is 0.143 e. The summed E-state index contributed by atoms with van der Waals surface area (Å²) in [6.45, 7) is 0. The Kier molecular flexibility index (Phi) is 8.95. The van der Waals surface area contributed by atoms with E-state index in [0.29, 0.717) is 0 Å². The van der Waals surface area contributed by atoms with Gasteiger partial charge in [-0.1, -0.05) is 218 Å². The zero-order valence-electron chi connectivity index (χ0n) is 35.4. The number of nitrogens with one attached hydrogen (secondary N) is 2. The first-order valence-corrected chi connectivity index (χ1v) is 22.4. The number of benzene rings is 11. The Morgan fingerprint density at radius 1 is 0.354 bits per heavy atom. The lowest BCUT2D eigenvalue weighted by Crippen LogP contribution is -2.44. The van der Waals surface area contributed by atoms with E-state index in [-0.39, 0.29) is 18.5 Å². The molecule has 12 aromatic rings. The number of hydrogen-bond donors (Lipinski definition) is 2. The van der Waals surface area contributed by atoms with E-state index in [1.165, 1.54) is 54.2 Å². The molecule has 4 nitrogen and oxygen atoms in total. The molecule has 3 atom stereocenters. The third-order valence-corrected chi connectivity index (χ3v) is 13.5. The van der Waals surface area contributed by atoms with E-state index >= 15 is 0 Å². The average molecular weight is 833 g/mol. The minimum atomic E-state index is -0.266. The van der Waals surface area contributed by atoms with E-state index in [2.05, 4.69) is 235 Å². The van der Waals surface area contributed by atoms with Crippen LogP contribution in [0.1, 0.15) is 35.2 Å². The molecule has 0 saturated carbocycles. The fourth-order valence-corrected chi connectivity index (χ4v) is 10.2. The third kappa shape index (κ3) is 6.58. The van der Waals surface area contributed by atoms with Crippen molar-refractivity contribution >= 4 is 65.0 Å². The molecule has 0 amide bonds. The molecule has 308 valence electrons. The van der Waals surface area contributed by atoms with Gasteiger partial charge in [0.25, 0.3) is 0 Å². The summed E-state index contributed by atoms with van der Waals surface area (Å²) < 4.78 is 7.06. The van der Waals surface area contributed by atoms with Gasteiger partial charge in [0.1, 0.15) is 11.2 Å². The highest BCUT2D eigenvalue weighted by Gasteiger charge is 2.26. The van der Waals surface area contributed by atoms with Crippen LogP contribution < -0.4 is 10.6 Å². The van der Waals surface area contributed by atoms with Gasteiger partial charge in [-0.2, -0.15) is 0 Å². The van der Waals surface area contributed by atoms with Crippen molar-refractivity contribution < 1.29 is 4.42 Å². The highest BCUT2D eigenvalue weighted by atomic mass is 16.3. The van der Waals surface area contributed by atoms with Gasteiger partial charge in [0.15, 0.2) is 0 Å². The van der Waals surface area contributed by atoms with Gasteiger partial charge in [-0.25, -0.2) is 0 Å². The fraction of sp³-hybridized carbons (Fsp3) is 0.0492. The van der Waals surface area contributed by atoms with Gasteiger partial charge >= 0.3 is 0 Å². The molecule has 1 aliphatic heterocycles. The van der Waals surface area contributed by atoms with Gasteiger partial charge in [0.2, 0.25) is 0 Å². The normalized spacial score (nSPS) is 16.6. The first kappa shape index (κ1) is 37.7. The van der Waals surface area contributed by atoms with Crippen LogP contribution in [-0.4, -0.2) is 0 Å². The lowest BCUT2D eigenvalue weighted by Gasteiger charge is -2.50. The molecule has 0 spiro atoms. The predicted octanol–water partition coefficient (Wildman–Crippen LogP) is 16.2. The Hall–Kier alpha value is -7.86. The lowest BCUT2D eigenvalue weighted by molar-refractivity contribution is 0.318. The van der Waals surface area contributed by atoms with Crippen molar-refractivity contribution in [2.24, 2.45) is 0 Å². The zero-order chi connectivity index (χ0) is 42.8. The largest absolute Gasteiger partial charge is 0.624 e. The molecule has 11 aromatic carbocycles. The summed E-state index contributed by atoms with van der Waals surface area (Å²) in [5.74, 6) is 0. The van der Waals surface area contributed by atoms with E-state index in [0.717, 1.165) is 60.9 Å². The van der Waals surface area contributed by atoms with Crippen molar-refractivity contribution in [2.45, 2.75) is 18.5 Å². The van der Waals surface area contributed by atoms with Gasteiger partial charge in [-0.05, 0) is 107 Å². The van der Waals surface area contributed by atoms with Crippen LogP contribution in [0.2, 0.25) is 0 Å². The van der Waals surface area contributed by atoms with E-state index < -0.39 is 0 Å². The average Bonchev–Trinajstić information content (AvgIpc) is 3.77. The summed E-state index contributed by atoms with van der Waals surface area (Å²) in [6.07, 6.45) is -0.766. The molecular formula is C61H42N3O-. The van der Waals surface area contributed by atoms with Crippen LogP contribution in [-0.2, 0) is 0 Å². The number of fused-ring (bicyclic) bond motifs is 9. The summed E-state index contributed by atoms with van der Waals surface area (Å²) in [5.41, 5.74) is 11.9. The Bertz CT molecular complexity index is 3760. The van der Waals surface area contributed by atoms with Crippen LogP contribution in [0.15, 0.2) is 229 Å². The molecule has 2 N–H and O–H groups in total. The van der Waals surface area contributed by atoms with E-state index in [9.17, 15) is 0 Å². The van der Waals surface area contributed by atoms with Crippen molar-refractivity contribution in [3.63, 3.8) is 0 Å². The quantitative estimate of drug-likeness (QED) is 0.164.